The molecular weight excluding hydrogens is 230 g/mol. The van der Waals surface area contributed by atoms with Gasteiger partial charge in [-0.15, -0.1) is 0 Å². The Hall–Kier alpha value is -1.75. The zero-order valence-electron chi connectivity index (χ0n) is 11.0. The second-order valence-corrected chi connectivity index (χ2v) is 5.11. The van der Waals surface area contributed by atoms with E-state index in [1.165, 1.54) is 0 Å². The smallest absolute Gasteiger partial charge is 0.172 e. The number of rotatable bonds is 1. The van der Waals surface area contributed by atoms with Crippen LogP contribution in [0.4, 0.5) is 0 Å². The van der Waals surface area contributed by atoms with E-state index in [-0.39, 0.29) is 5.54 Å². The van der Waals surface area contributed by atoms with Gasteiger partial charge in [0.1, 0.15) is 19.0 Å². The van der Waals surface area contributed by atoms with Gasteiger partial charge in [-0.1, -0.05) is 6.07 Å². The molecule has 1 aliphatic heterocycles. The molecule has 0 aromatic heterocycles. The van der Waals surface area contributed by atoms with Crippen LogP contribution in [0.1, 0.15) is 26.3 Å². The number of aliphatic imine (C=N–C) groups is 1. The third kappa shape index (κ3) is 2.73. The lowest BCUT2D eigenvalue weighted by atomic mass is 10.1. The van der Waals surface area contributed by atoms with E-state index in [2.05, 4.69) is 10.4 Å². The van der Waals surface area contributed by atoms with Crippen molar-refractivity contribution >= 4 is 5.84 Å². The summed E-state index contributed by atoms with van der Waals surface area (Å²) in [6.07, 6.45) is 0. The Morgan fingerprint density at radius 3 is 2.67 bits per heavy atom. The number of nitrogens with two attached hydrogens (primary N) is 1. The lowest BCUT2D eigenvalue weighted by Gasteiger charge is -2.22. The number of hydrogen-bond donors (Lipinski definition) is 2. The average molecular weight is 249 g/mol. The number of fused-ring (bicyclic) bond motifs is 1. The van der Waals surface area contributed by atoms with Crippen LogP contribution >= 0.6 is 0 Å². The average Bonchev–Trinajstić information content (AvgIpc) is 2.34. The molecule has 0 bridgehead atoms. The molecule has 0 radical (unpaired) electrons. The fourth-order valence-electron chi connectivity index (χ4n) is 1.77. The lowest BCUT2D eigenvalue weighted by molar-refractivity contribution is 0.171. The lowest BCUT2D eigenvalue weighted by Crippen LogP contribution is -2.34. The highest BCUT2D eigenvalue weighted by molar-refractivity contribution is 6.01. The molecule has 98 valence electrons. The van der Waals surface area contributed by atoms with Crippen molar-refractivity contribution in [2.75, 3.05) is 13.2 Å². The maximum Gasteiger partial charge on any atom is 0.172 e. The maximum absolute atomic E-state index is 5.65. The Bertz CT molecular complexity index is 464. The molecule has 0 aliphatic carbocycles. The minimum absolute atomic E-state index is 0.222. The molecule has 0 unspecified atom stereocenters. The quantitative estimate of drug-likeness (QED) is 0.342. The summed E-state index contributed by atoms with van der Waals surface area (Å²) >= 11 is 0. The van der Waals surface area contributed by atoms with E-state index < -0.39 is 0 Å². The van der Waals surface area contributed by atoms with E-state index in [4.69, 9.17) is 15.3 Å². The number of ether oxygens (including phenoxy) is 2. The van der Waals surface area contributed by atoms with Crippen molar-refractivity contribution in [1.82, 2.24) is 5.43 Å². The van der Waals surface area contributed by atoms with Gasteiger partial charge in [0.05, 0.1) is 11.1 Å². The van der Waals surface area contributed by atoms with Gasteiger partial charge in [-0.2, -0.15) is 0 Å². The number of benzene rings is 1. The van der Waals surface area contributed by atoms with E-state index in [9.17, 15) is 0 Å². The van der Waals surface area contributed by atoms with Crippen LogP contribution in [-0.4, -0.2) is 24.6 Å². The second kappa shape index (κ2) is 4.86. The Balaban J connectivity index is 2.46. The van der Waals surface area contributed by atoms with Crippen LogP contribution < -0.4 is 20.7 Å². The minimum Gasteiger partial charge on any atom is -0.486 e. The molecule has 1 heterocycles. The Labute approximate surface area is 107 Å². The molecule has 18 heavy (non-hydrogen) atoms. The van der Waals surface area contributed by atoms with Gasteiger partial charge >= 0.3 is 0 Å². The van der Waals surface area contributed by atoms with Crippen LogP contribution in [0.2, 0.25) is 0 Å². The summed E-state index contributed by atoms with van der Waals surface area (Å²) in [5, 5.41) is 0. The molecule has 0 atom stereocenters. The van der Waals surface area contributed by atoms with Crippen LogP contribution in [0.5, 0.6) is 11.5 Å². The van der Waals surface area contributed by atoms with Gasteiger partial charge in [0.15, 0.2) is 11.5 Å². The highest BCUT2D eigenvalue weighted by Crippen LogP contribution is 2.33. The third-order valence-electron chi connectivity index (χ3n) is 2.41. The SMILES string of the molecule is CC(C)(C)N=C(NN)c1cccc2c1OCCO2. The van der Waals surface area contributed by atoms with Gasteiger partial charge in [0.25, 0.3) is 0 Å². The molecule has 1 aliphatic rings. The van der Waals surface area contributed by atoms with Crippen molar-refractivity contribution in [1.29, 1.82) is 0 Å². The molecule has 0 amide bonds. The molecule has 1 aromatic carbocycles. The van der Waals surface area contributed by atoms with Crippen LogP contribution in [-0.2, 0) is 0 Å². The van der Waals surface area contributed by atoms with E-state index in [1.54, 1.807) is 0 Å². The van der Waals surface area contributed by atoms with Gasteiger partial charge in [-0.05, 0) is 32.9 Å². The summed E-state index contributed by atoms with van der Waals surface area (Å²) in [4.78, 5) is 4.55. The van der Waals surface area contributed by atoms with Crippen LogP contribution in [0.3, 0.4) is 0 Å². The van der Waals surface area contributed by atoms with Gasteiger partial charge in [0, 0.05) is 0 Å². The molecule has 5 nitrogen and oxygen atoms in total. The molecule has 2 rings (SSSR count). The predicted octanol–water partition coefficient (Wildman–Crippen LogP) is 1.47. The summed E-state index contributed by atoms with van der Waals surface area (Å²) in [5.41, 5.74) is 3.24. The fourth-order valence-corrected chi connectivity index (χ4v) is 1.77. The van der Waals surface area contributed by atoms with Gasteiger partial charge in [0.2, 0.25) is 0 Å². The topological polar surface area (TPSA) is 68.9 Å². The molecule has 5 heteroatoms. The van der Waals surface area contributed by atoms with Crippen molar-refractivity contribution in [2.24, 2.45) is 10.8 Å². The van der Waals surface area contributed by atoms with Crippen LogP contribution in [0.25, 0.3) is 0 Å². The first kappa shape index (κ1) is 12.7. The minimum atomic E-state index is -0.222. The number of nitrogens with zero attached hydrogens (tertiary/aromatic N) is 1. The molecule has 1 aromatic rings. The molecule has 0 saturated heterocycles. The van der Waals surface area contributed by atoms with E-state index >= 15 is 0 Å². The fraction of sp³-hybridized carbons (Fsp3) is 0.462. The monoisotopic (exact) mass is 249 g/mol. The number of hydrazine groups is 1. The molecule has 0 fully saturated rings. The van der Waals surface area contributed by atoms with Crippen molar-refractivity contribution in [2.45, 2.75) is 26.3 Å². The first-order chi connectivity index (χ1) is 8.51. The molecule has 0 saturated carbocycles. The van der Waals surface area contributed by atoms with Gasteiger partial charge in [-0.3, -0.25) is 4.99 Å². The van der Waals surface area contributed by atoms with E-state index in [0.29, 0.717) is 24.8 Å². The van der Waals surface area contributed by atoms with Crippen LogP contribution in [0, 0.1) is 0 Å². The normalized spacial score (nSPS) is 15.4. The van der Waals surface area contributed by atoms with Gasteiger partial charge in [-0.25, -0.2) is 5.84 Å². The highest BCUT2D eigenvalue weighted by atomic mass is 16.6. The summed E-state index contributed by atoms with van der Waals surface area (Å²) in [7, 11) is 0. The molecule has 3 N–H and O–H groups in total. The van der Waals surface area contributed by atoms with Crippen molar-refractivity contribution in [3.05, 3.63) is 23.8 Å². The van der Waals surface area contributed by atoms with Gasteiger partial charge < -0.3 is 14.9 Å². The van der Waals surface area contributed by atoms with Crippen LogP contribution in [0.15, 0.2) is 23.2 Å². The van der Waals surface area contributed by atoms with E-state index in [1.807, 2.05) is 39.0 Å². The summed E-state index contributed by atoms with van der Waals surface area (Å²) in [5.74, 6) is 7.60. The van der Waals surface area contributed by atoms with Crippen molar-refractivity contribution in [3.8, 4) is 11.5 Å². The van der Waals surface area contributed by atoms with Crippen molar-refractivity contribution in [3.63, 3.8) is 0 Å². The largest absolute Gasteiger partial charge is 0.486 e. The first-order valence-electron chi connectivity index (χ1n) is 5.97. The standard InChI is InChI=1S/C13H19N3O2/c1-13(2,3)15-12(16-14)9-5-4-6-10-11(9)18-8-7-17-10/h4-6H,7-8,14H2,1-3H3,(H,15,16). The number of nitrogens with one attached hydrogen (secondary N) is 1. The predicted molar refractivity (Wildman–Crippen MR) is 71.0 cm³/mol. The maximum atomic E-state index is 5.65. The summed E-state index contributed by atoms with van der Waals surface area (Å²) in [6, 6.07) is 5.69. The third-order valence-corrected chi connectivity index (χ3v) is 2.41. The molecular formula is C13H19N3O2. The Kier molecular flexibility index (Phi) is 3.43. The Morgan fingerprint density at radius 1 is 1.28 bits per heavy atom. The number of amidine groups is 1. The summed E-state index contributed by atoms with van der Waals surface area (Å²) < 4.78 is 11.2. The zero-order chi connectivity index (χ0) is 13.2. The first-order valence-corrected chi connectivity index (χ1v) is 5.97. The summed E-state index contributed by atoms with van der Waals surface area (Å²) in [6.45, 7) is 7.14. The van der Waals surface area contributed by atoms with E-state index in [0.717, 1.165) is 11.3 Å². The highest BCUT2D eigenvalue weighted by Gasteiger charge is 2.20. The number of para-hydroxylation sites is 1. The zero-order valence-corrected chi connectivity index (χ0v) is 11.0. The second-order valence-electron chi connectivity index (χ2n) is 5.11. The van der Waals surface area contributed by atoms with Crippen molar-refractivity contribution < 1.29 is 9.47 Å². The Morgan fingerprint density at radius 2 is 2.00 bits per heavy atom. The number of hydrogen-bond acceptors (Lipinski definition) is 4. The molecule has 0 spiro atoms.